The zero-order valence-electron chi connectivity index (χ0n) is 16.7. The predicted octanol–water partition coefficient (Wildman–Crippen LogP) is 2.32. The molecule has 1 aromatic rings. The maximum absolute atomic E-state index is 11.3. The topological polar surface area (TPSA) is 73.8 Å². The number of rotatable bonds is 9. The molecule has 3 N–H and O–H groups in total. The highest BCUT2D eigenvalue weighted by molar-refractivity contribution is 5.83. The number of ether oxygens (including phenoxy) is 1. The summed E-state index contributed by atoms with van der Waals surface area (Å²) in [5, 5.41) is 16.6. The molecule has 148 valence electrons. The van der Waals surface area contributed by atoms with Gasteiger partial charge < -0.3 is 25.4 Å². The highest BCUT2D eigenvalue weighted by Crippen LogP contribution is 2.28. The molecule has 6 heteroatoms. The van der Waals surface area contributed by atoms with Gasteiger partial charge in [-0.3, -0.25) is 4.79 Å². The number of hydrogen-bond donors (Lipinski definition) is 3. The lowest BCUT2D eigenvalue weighted by atomic mass is 9.97. The van der Waals surface area contributed by atoms with Crippen molar-refractivity contribution in [1.29, 1.82) is 0 Å². The van der Waals surface area contributed by atoms with Gasteiger partial charge in [0.2, 0.25) is 0 Å². The molecule has 1 aromatic carbocycles. The molecule has 0 aliphatic carbocycles. The first-order valence-corrected chi connectivity index (χ1v) is 9.37. The largest absolute Gasteiger partial charge is 0.507 e. The van der Waals surface area contributed by atoms with E-state index in [0.29, 0.717) is 24.7 Å². The zero-order chi connectivity index (χ0) is 19.8. The van der Waals surface area contributed by atoms with E-state index in [0.717, 1.165) is 31.8 Å². The van der Waals surface area contributed by atoms with Gasteiger partial charge in [0.15, 0.2) is 6.29 Å². The van der Waals surface area contributed by atoms with Crippen LogP contribution in [0.2, 0.25) is 0 Å². The molecule has 1 aliphatic heterocycles. The number of phenolic OH excluding ortho intramolecular Hbond substituents is 1. The Morgan fingerprint density at radius 1 is 1.41 bits per heavy atom. The smallest absolute Gasteiger partial charge is 0.157 e. The van der Waals surface area contributed by atoms with Crippen LogP contribution in [0.4, 0.5) is 0 Å². The zero-order valence-corrected chi connectivity index (χ0v) is 16.7. The highest BCUT2D eigenvalue weighted by atomic mass is 16.5. The van der Waals surface area contributed by atoms with Gasteiger partial charge in [0.25, 0.3) is 0 Å². The summed E-state index contributed by atoms with van der Waals surface area (Å²) in [7, 11) is 4.04. The second-order valence-corrected chi connectivity index (χ2v) is 7.14. The van der Waals surface area contributed by atoms with E-state index in [1.165, 1.54) is 17.2 Å². The number of benzene rings is 1. The molecule has 0 unspecified atom stereocenters. The number of nitrogens with one attached hydrogen (secondary N) is 2. The third-order valence-corrected chi connectivity index (χ3v) is 4.49. The molecule has 0 atom stereocenters. The fourth-order valence-corrected chi connectivity index (χ4v) is 3.10. The Labute approximate surface area is 161 Å². The van der Waals surface area contributed by atoms with E-state index in [4.69, 9.17) is 4.74 Å². The van der Waals surface area contributed by atoms with Crippen molar-refractivity contribution in [2.24, 2.45) is 0 Å². The maximum atomic E-state index is 11.3. The van der Waals surface area contributed by atoms with Gasteiger partial charge in [-0.05, 0) is 63.7 Å². The van der Waals surface area contributed by atoms with Gasteiger partial charge in [-0.15, -0.1) is 0 Å². The van der Waals surface area contributed by atoms with Gasteiger partial charge in [-0.25, -0.2) is 0 Å². The Kier molecular flexibility index (Phi) is 7.88. The van der Waals surface area contributed by atoms with Crippen LogP contribution in [0.25, 0.3) is 0 Å². The number of phenols is 1. The second-order valence-electron chi connectivity index (χ2n) is 7.14. The van der Waals surface area contributed by atoms with Gasteiger partial charge in [0, 0.05) is 31.4 Å². The Morgan fingerprint density at radius 2 is 2.19 bits per heavy atom. The lowest BCUT2D eigenvalue weighted by Crippen LogP contribution is -2.34. The first kappa shape index (κ1) is 21.0. The van der Waals surface area contributed by atoms with E-state index in [-0.39, 0.29) is 11.3 Å². The molecule has 1 aliphatic rings. The molecule has 6 nitrogen and oxygen atoms in total. The minimum Gasteiger partial charge on any atom is -0.507 e. The highest BCUT2D eigenvalue weighted by Gasteiger charge is 2.21. The standard InChI is InChI=1S/C21H31N3O3/c1-15(2)23-19(8-10-22-3)17-12-24(4)11-9-16(17)14-27-21-7-5-6-20(26)18(21)13-25/h5-8,13,15,22-23,26H,9-12,14H2,1-4H3/b19-8-. The average molecular weight is 373 g/mol. The molecule has 0 aromatic heterocycles. The van der Waals surface area contributed by atoms with Crippen molar-refractivity contribution >= 4 is 6.29 Å². The first-order chi connectivity index (χ1) is 13.0. The van der Waals surface area contributed by atoms with Crippen LogP contribution < -0.4 is 15.4 Å². The van der Waals surface area contributed by atoms with Gasteiger partial charge in [0.05, 0.1) is 5.56 Å². The number of hydrogen-bond acceptors (Lipinski definition) is 6. The van der Waals surface area contributed by atoms with Crippen molar-refractivity contribution < 1.29 is 14.6 Å². The monoisotopic (exact) mass is 373 g/mol. The average Bonchev–Trinajstić information content (AvgIpc) is 2.63. The number of nitrogens with zero attached hydrogens (tertiary/aromatic N) is 1. The minimum absolute atomic E-state index is 0.0591. The van der Waals surface area contributed by atoms with Crippen LogP contribution in [0.3, 0.4) is 0 Å². The number of carbonyl (C=O) groups excluding carboxylic acids is 1. The molecule has 2 rings (SSSR count). The fraction of sp³-hybridized carbons (Fsp3) is 0.476. The second kappa shape index (κ2) is 10.1. The van der Waals surface area contributed by atoms with Crippen molar-refractivity contribution in [2.45, 2.75) is 26.3 Å². The van der Waals surface area contributed by atoms with Crippen LogP contribution in [0, 0.1) is 0 Å². The number of carbonyl (C=O) groups is 1. The summed E-state index contributed by atoms with van der Waals surface area (Å²) >= 11 is 0. The summed E-state index contributed by atoms with van der Waals surface area (Å²) in [6, 6.07) is 5.20. The Bertz CT molecular complexity index is 711. The number of aromatic hydroxyl groups is 1. The Morgan fingerprint density at radius 3 is 2.85 bits per heavy atom. The number of likely N-dealkylation sites (N-methyl/N-ethyl adjacent to an activating group) is 2. The van der Waals surface area contributed by atoms with Crippen LogP contribution in [0.15, 0.2) is 41.1 Å². The molecule has 0 bridgehead atoms. The number of aldehydes is 1. The quantitative estimate of drug-likeness (QED) is 0.577. The Balaban J connectivity index is 2.30. The molecule has 0 saturated heterocycles. The first-order valence-electron chi connectivity index (χ1n) is 9.37. The normalized spacial score (nSPS) is 16.0. The van der Waals surface area contributed by atoms with Gasteiger partial charge in [-0.1, -0.05) is 6.07 Å². The van der Waals surface area contributed by atoms with Crippen molar-refractivity contribution in [3.05, 3.63) is 46.7 Å². The summed E-state index contributed by atoms with van der Waals surface area (Å²) in [4.78, 5) is 13.6. The van der Waals surface area contributed by atoms with Crippen molar-refractivity contribution in [3.63, 3.8) is 0 Å². The molecule has 27 heavy (non-hydrogen) atoms. The van der Waals surface area contributed by atoms with E-state index in [2.05, 4.69) is 42.5 Å². The van der Waals surface area contributed by atoms with E-state index < -0.39 is 0 Å². The molecule has 1 heterocycles. The van der Waals surface area contributed by atoms with E-state index in [1.54, 1.807) is 12.1 Å². The molecular formula is C21H31N3O3. The molecule has 0 spiro atoms. The third kappa shape index (κ3) is 5.84. The van der Waals surface area contributed by atoms with Crippen molar-refractivity contribution in [1.82, 2.24) is 15.5 Å². The fourth-order valence-electron chi connectivity index (χ4n) is 3.10. The molecule has 0 saturated carbocycles. The SMILES string of the molecule is CNC/C=C(\NC(C)C)C1=C(COc2cccc(O)c2C=O)CCN(C)C1. The predicted molar refractivity (Wildman–Crippen MR) is 108 cm³/mol. The van der Waals surface area contributed by atoms with E-state index >= 15 is 0 Å². The van der Waals surface area contributed by atoms with Crippen LogP contribution >= 0.6 is 0 Å². The van der Waals surface area contributed by atoms with Gasteiger partial charge in [-0.2, -0.15) is 0 Å². The summed E-state index contributed by atoms with van der Waals surface area (Å²) in [5.74, 6) is 0.351. The summed E-state index contributed by atoms with van der Waals surface area (Å²) in [5.41, 5.74) is 3.76. The van der Waals surface area contributed by atoms with E-state index in [9.17, 15) is 9.90 Å². The lowest BCUT2D eigenvalue weighted by Gasteiger charge is -2.30. The van der Waals surface area contributed by atoms with Crippen LogP contribution in [-0.4, -0.2) is 62.7 Å². The maximum Gasteiger partial charge on any atom is 0.157 e. The van der Waals surface area contributed by atoms with Gasteiger partial charge >= 0.3 is 0 Å². The summed E-state index contributed by atoms with van der Waals surface area (Å²) < 4.78 is 5.94. The molecule has 0 amide bonds. The van der Waals surface area contributed by atoms with E-state index in [1.807, 2.05) is 7.05 Å². The molecular weight excluding hydrogens is 342 g/mol. The summed E-state index contributed by atoms with van der Waals surface area (Å²) in [6.07, 6.45) is 3.70. The molecule has 0 fully saturated rings. The van der Waals surface area contributed by atoms with Crippen LogP contribution in [-0.2, 0) is 0 Å². The van der Waals surface area contributed by atoms with Gasteiger partial charge in [0.1, 0.15) is 18.1 Å². The lowest BCUT2D eigenvalue weighted by molar-refractivity contribution is 0.111. The Hall–Kier alpha value is -2.31. The minimum atomic E-state index is -0.0591. The summed E-state index contributed by atoms with van der Waals surface area (Å²) in [6.45, 7) is 7.22. The third-order valence-electron chi connectivity index (χ3n) is 4.49. The molecule has 0 radical (unpaired) electrons. The van der Waals surface area contributed by atoms with Crippen molar-refractivity contribution in [3.8, 4) is 11.5 Å². The van der Waals surface area contributed by atoms with Crippen LogP contribution in [0.5, 0.6) is 11.5 Å². The van der Waals surface area contributed by atoms with Crippen LogP contribution in [0.1, 0.15) is 30.6 Å². The van der Waals surface area contributed by atoms with Crippen molar-refractivity contribution in [2.75, 3.05) is 40.3 Å².